The van der Waals surface area contributed by atoms with Gasteiger partial charge in [-0.05, 0) is 43.3 Å². The lowest BCUT2D eigenvalue weighted by Crippen LogP contribution is -2.21. The van der Waals surface area contributed by atoms with Gasteiger partial charge in [0.1, 0.15) is 6.07 Å². The molecule has 27 heavy (non-hydrogen) atoms. The van der Waals surface area contributed by atoms with Crippen LogP contribution in [0.25, 0.3) is 6.08 Å². The summed E-state index contributed by atoms with van der Waals surface area (Å²) in [6.45, 7) is 1.65. The van der Waals surface area contributed by atoms with Crippen LogP contribution in [-0.2, 0) is 4.79 Å². The Bertz CT molecular complexity index is 975. The summed E-state index contributed by atoms with van der Waals surface area (Å²) < 4.78 is 11.7. The van der Waals surface area contributed by atoms with Crippen LogP contribution >= 0.6 is 15.9 Å². The topological polar surface area (TPSA) is 74.9 Å². The van der Waals surface area contributed by atoms with Gasteiger partial charge >= 0.3 is 0 Å². The number of carbonyl (C=O) groups excluding carboxylic acids is 1. The molecule has 0 fully saturated rings. The van der Waals surface area contributed by atoms with E-state index in [2.05, 4.69) is 21.0 Å². The fraction of sp³-hybridized carbons (Fsp3) is 0.150. The Balaban J connectivity index is 1.98. The molecule has 1 aliphatic heterocycles. The molecule has 3 rings (SSSR count). The number of nitrogens with zero attached hydrogens (tertiary/aromatic N) is 3. The van der Waals surface area contributed by atoms with Crippen molar-refractivity contribution >= 4 is 39.3 Å². The maximum Gasteiger partial charge on any atom is 0.280 e. The summed E-state index contributed by atoms with van der Waals surface area (Å²) in [6, 6.07) is 14.6. The van der Waals surface area contributed by atoms with Gasteiger partial charge < -0.3 is 9.47 Å². The van der Waals surface area contributed by atoms with Crippen LogP contribution in [0.5, 0.6) is 11.5 Å². The molecule has 0 bridgehead atoms. The highest BCUT2D eigenvalue weighted by Gasteiger charge is 2.29. The standard InChI is InChI=1S/C20H16BrN3O3/c1-13-17(20(25)24(23-13)16-8-6-15(21)7-9-16)12-14-4-3-5-18(26-2)19(14)27-11-10-22/h3-9,12H,11H2,1-2H3/b17-12+. The van der Waals surface area contributed by atoms with E-state index in [-0.39, 0.29) is 12.5 Å². The molecule has 1 heterocycles. The highest BCUT2D eigenvalue weighted by atomic mass is 79.9. The van der Waals surface area contributed by atoms with E-state index in [0.29, 0.717) is 34.0 Å². The zero-order valence-electron chi connectivity index (χ0n) is 14.8. The Morgan fingerprint density at radius 2 is 2.00 bits per heavy atom. The van der Waals surface area contributed by atoms with Gasteiger partial charge in [0.2, 0.25) is 0 Å². The molecule has 0 N–H and O–H groups in total. The third-order valence-corrected chi connectivity index (χ3v) is 4.47. The molecule has 0 saturated heterocycles. The van der Waals surface area contributed by atoms with E-state index in [1.54, 1.807) is 31.2 Å². The minimum absolute atomic E-state index is 0.122. The lowest BCUT2D eigenvalue weighted by Gasteiger charge is -2.13. The van der Waals surface area contributed by atoms with Crippen LogP contribution < -0.4 is 14.5 Å². The fourth-order valence-corrected chi connectivity index (χ4v) is 2.93. The predicted molar refractivity (Wildman–Crippen MR) is 107 cm³/mol. The number of ether oxygens (including phenoxy) is 2. The van der Waals surface area contributed by atoms with Crippen molar-refractivity contribution in [1.82, 2.24) is 0 Å². The molecule has 136 valence electrons. The third kappa shape index (κ3) is 3.86. The largest absolute Gasteiger partial charge is 0.493 e. The number of para-hydroxylation sites is 1. The predicted octanol–water partition coefficient (Wildman–Crippen LogP) is 4.17. The van der Waals surface area contributed by atoms with Crippen LogP contribution in [-0.4, -0.2) is 25.3 Å². The smallest absolute Gasteiger partial charge is 0.280 e. The molecule has 6 nitrogen and oxygen atoms in total. The molecular formula is C20H16BrN3O3. The Labute approximate surface area is 165 Å². The third-order valence-electron chi connectivity index (χ3n) is 3.94. The number of amides is 1. The van der Waals surface area contributed by atoms with Gasteiger partial charge in [0, 0.05) is 10.0 Å². The highest BCUT2D eigenvalue weighted by molar-refractivity contribution is 9.10. The number of anilines is 1. The minimum Gasteiger partial charge on any atom is -0.493 e. The first-order valence-electron chi connectivity index (χ1n) is 8.09. The molecule has 1 aliphatic rings. The van der Waals surface area contributed by atoms with E-state index >= 15 is 0 Å². The van der Waals surface area contributed by atoms with Crippen LogP contribution in [0.3, 0.4) is 0 Å². The number of hydrogen-bond acceptors (Lipinski definition) is 5. The molecule has 0 unspecified atom stereocenters. The van der Waals surface area contributed by atoms with Crippen molar-refractivity contribution < 1.29 is 14.3 Å². The average Bonchev–Trinajstić information content (AvgIpc) is 2.95. The Hall–Kier alpha value is -3.11. The lowest BCUT2D eigenvalue weighted by molar-refractivity contribution is -0.114. The van der Waals surface area contributed by atoms with E-state index in [0.717, 1.165) is 4.47 Å². The van der Waals surface area contributed by atoms with Gasteiger partial charge in [0.25, 0.3) is 5.91 Å². The maximum absolute atomic E-state index is 12.9. The summed E-state index contributed by atoms with van der Waals surface area (Å²) in [7, 11) is 1.52. The Morgan fingerprint density at radius 3 is 2.67 bits per heavy atom. The van der Waals surface area contributed by atoms with Gasteiger partial charge in [-0.25, -0.2) is 0 Å². The summed E-state index contributed by atoms with van der Waals surface area (Å²) in [5.41, 5.74) is 2.36. The van der Waals surface area contributed by atoms with Crippen molar-refractivity contribution in [2.24, 2.45) is 5.10 Å². The van der Waals surface area contributed by atoms with Gasteiger partial charge in [0.05, 0.1) is 24.1 Å². The van der Waals surface area contributed by atoms with Crippen LogP contribution in [0.4, 0.5) is 5.69 Å². The molecule has 0 aliphatic carbocycles. The Kier molecular flexibility index (Phi) is 5.57. The number of carbonyl (C=O) groups is 1. The molecule has 0 spiro atoms. The van der Waals surface area contributed by atoms with Gasteiger partial charge in [-0.3, -0.25) is 4.79 Å². The van der Waals surface area contributed by atoms with E-state index in [4.69, 9.17) is 14.7 Å². The van der Waals surface area contributed by atoms with Crippen LogP contribution in [0.15, 0.2) is 57.6 Å². The molecule has 2 aromatic rings. The first-order valence-corrected chi connectivity index (χ1v) is 8.88. The van der Waals surface area contributed by atoms with Crippen molar-refractivity contribution in [2.45, 2.75) is 6.92 Å². The maximum atomic E-state index is 12.9. The number of rotatable bonds is 5. The quantitative estimate of drug-likeness (QED) is 0.673. The lowest BCUT2D eigenvalue weighted by atomic mass is 10.1. The molecule has 2 aromatic carbocycles. The summed E-state index contributed by atoms with van der Waals surface area (Å²) in [5.74, 6) is 0.671. The van der Waals surface area contributed by atoms with Crippen LogP contribution in [0, 0.1) is 11.3 Å². The van der Waals surface area contributed by atoms with Gasteiger partial charge in [-0.2, -0.15) is 15.4 Å². The second-order valence-electron chi connectivity index (χ2n) is 5.66. The van der Waals surface area contributed by atoms with E-state index < -0.39 is 0 Å². The normalized spacial score (nSPS) is 14.9. The van der Waals surface area contributed by atoms with E-state index in [9.17, 15) is 4.79 Å². The number of benzene rings is 2. The Morgan fingerprint density at radius 1 is 1.26 bits per heavy atom. The van der Waals surface area contributed by atoms with Gasteiger partial charge in [-0.1, -0.05) is 28.1 Å². The van der Waals surface area contributed by atoms with Crippen molar-refractivity contribution in [1.29, 1.82) is 5.26 Å². The first-order chi connectivity index (χ1) is 13.0. The highest BCUT2D eigenvalue weighted by Crippen LogP contribution is 2.34. The van der Waals surface area contributed by atoms with Crippen LogP contribution in [0.2, 0.25) is 0 Å². The van der Waals surface area contributed by atoms with E-state index in [1.165, 1.54) is 12.1 Å². The number of hydrogen-bond donors (Lipinski definition) is 0. The van der Waals surface area contributed by atoms with Crippen molar-refractivity contribution in [2.75, 3.05) is 18.7 Å². The van der Waals surface area contributed by atoms with Crippen molar-refractivity contribution in [3.63, 3.8) is 0 Å². The summed E-state index contributed by atoms with van der Waals surface area (Å²) >= 11 is 3.38. The molecule has 7 heteroatoms. The summed E-state index contributed by atoms with van der Waals surface area (Å²) in [5, 5.41) is 14.6. The van der Waals surface area contributed by atoms with Crippen molar-refractivity contribution in [3.8, 4) is 17.6 Å². The zero-order valence-corrected chi connectivity index (χ0v) is 16.4. The zero-order chi connectivity index (χ0) is 19.4. The molecule has 0 aromatic heterocycles. The number of halogens is 1. The minimum atomic E-state index is -0.233. The van der Waals surface area contributed by atoms with Gasteiger partial charge in [-0.15, -0.1) is 0 Å². The first kappa shape index (κ1) is 18.7. The summed E-state index contributed by atoms with van der Waals surface area (Å²) in [6.07, 6.45) is 1.70. The molecular weight excluding hydrogens is 410 g/mol. The number of methoxy groups -OCH3 is 1. The average molecular weight is 426 g/mol. The second kappa shape index (κ2) is 8.06. The fourth-order valence-electron chi connectivity index (χ4n) is 2.66. The van der Waals surface area contributed by atoms with Crippen LogP contribution in [0.1, 0.15) is 12.5 Å². The summed E-state index contributed by atoms with van der Waals surface area (Å²) in [4.78, 5) is 12.9. The second-order valence-corrected chi connectivity index (χ2v) is 6.58. The van der Waals surface area contributed by atoms with Crippen molar-refractivity contribution in [3.05, 3.63) is 58.1 Å². The molecule has 0 saturated carbocycles. The number of nitriles is 1. The van der Waals surface area contributed by atoms with E-state index in [1.807, 2.05) is 30.3 Å². The molecule has 1 amide bonds. The monoisotopic (exact) mass is 425 g/mol. The number of hydrazone groups is 1. The molecule has 0 atom stereocenters. The molecule has 0 radical (unpaired) electrons. The SMILES string of the molecule is COc1cccc(/C=C2/C(=O)N(c3ccc(Br)cc3)N=C2C)c1OCC#N. The van der Waals surface area contributed by atoms with Gasteiger partial charge in [0.15, 0.2) is 18.1 Å².